The average molecular weight is 253 g/mol. The zero-order valence-electron chi connectivity index (χ0n) is 10.7. The maximum atomic E-state index is 11.2. The molecule has 3 nitrogen and oxygen atoms in total. The van der Waals surface area contributed by atoms with Gasteiger partial charge in [-0.05, 0) is 23.8 Å². The first-order valence-electron chi connectivity index (χ1n) is 6.07. The second kappa shape index (κ2) is 6.50. The smallest absolute Gasteiger partial charge is 0.303 e. The van der Waals surface area contributed by atoms with Gasteiger partial charge in [-0.2, -0.15) is 0 Å². The van der Waals surface area contributed by atoms with E-state index in [1.165, 1.54) is 6.92 Å². The standard InChI is InChI=1S/C16H15NO2/c1-13(18)19-16(15-9-5-6-12-17-15)11-10-14-7-3-2-4-8-14/h2-12,16H,1H3/b11-10+. The zero-order chi connectivity index (χ0) is 13.5. The molecule has 1 aromatic heterocycles. The van der Waals surface area contributed by atoms with Gasteiger partial charge in [0.15, 0.2) is 6.10 Å². The highest BCUT2D eigenvalue weighted by molar-refractivity contribution is 5.66. The molecule has 0 saturated carbocycles. The molecule has 2 rings (SSSR count). The SMILES string of the molecule is CC(=O)OC(/C=C/c1ccccc1)c1ccccn1. The molecule has 1 aromatic carbocycles. The van der Waals surface area contributed by atoms with Gasteiger partial charge in [0.05, 0.1) is 5.69 Å². The number of rotatable bonds is 4. The molecule has 2 aromatic rings. The van der Waals surface area contributed by atoms with Crippen LogP contribution in [0, 0.1) is 0 Å². The third kappa shape index (κ3) is 4.07. The third-order valence-corrected chi connectivity index (χ3v) is 2.54. The molecule has 0 aliphatic heterocycles. The van der Waals surface area contributed by atoms with Gasteiger partial charge in [0.1, 0.15) is 0 Å². The number of pyridine rings is 1. The maximum Gasteiger partial charge on any atom is 0.303 e. The second-order valence-corrected chi connectivity index (χ2v) is 4.05. The van der Waals surface area contributed by atoms with Crippen molar-refractivity contribution in [3.8, 4) is 0 Å². The number of carbonyl (C=O) groups excluding carboxylic acids is 1. The van der Waals surface area contributed by atoms with Crippen LogP contribution in [0.4, 0.5) is 0 Å². The second-order valence-electron chi connectivity index (χ2n) is 4.05. The van der Waals surface area contributed by atoms with Gasteiger partial charge in [-0.3, -0.25) is 9.78 Å². The Labute approximate surface area is 112 Å². The van der Waals surface area contributed by atoms with E-state index in [4.69, 9.17) is 4.74 Å². The minimum atomic E-state index is -0.459. The first kappa shape index (κ1) is 13.0. The first-order valence-corrected chi connectivity index (χ1v) is 6.07. The van der Waals surface area contributed by atoms with Crippen LogP contribution in [0.25, 0.3) is 6.08 Å². The molecule has 0 saturated heterocycles. The molecule has 1 unspecified atom stereocenters. The van der Waals surface area contributed by atoms with Crippen molar-refractivity contribution in [3.05, 3.63) is 72.1 Å². The van der Waals surface area contributed by atoms with Crippen molar-refractivity contribution < 1.29 is 9.53 Å². The van der Waals surface area contributed by atoms with Crippen LogP contribution in [0.1, 0.15) is 24.3 Å². The van der Waals surface area contributed by atoms with Crippen LogP contribution in [-0.2, 0) is 9.53 Å². The van der Waals surface area contributed by atoms with Crippen molar-refractivity contribution in [3.63, 3.8) is 0 Å². The molecule has 1 atom stereocenters. The lowest BCUT2D eigenvalue weighted by molar-refractivity contribution is -0.144. The predicted octanol–water partition coefficient (Wildman–Crippen LogP) is 3.40. The highest BCUT2D eigenvalue weighted by Crippen LogP contribution is 2.18. The molecule has 0 amide bonds. The van der Waals surface area contributed by atoms with Gasteiger partial charge in [-0.25, -0.2) is 0 Å². The third-order valence-electron chi connectivity index (χ3n) is 2.54. The predicted molar refractivity (Wildman–Crippen MR) is 74.2 cm³/mol. The summed E-state index contributed by atoms with van der Waals surface area (Å²) in [6.45, 7) is 1.40. The molecule has 0 bridgehead atoms. The van der Waals surface area contributed by atoms with Crippen molar-refractivity contribution in [2.75, 3.05) is 0 Å². The minimum absolute atomic E-state index is 0.326. The van der Waals surface area contributed by atoms with Gasteiger partial charge < -0.3 is 4.74 Å². The number of ether oxygens (including phenoxy) is 1. The Kier molecular flexibility index (Phi) is 4.45. The molecule has 96 valence electrons. The molecule has 0 fully saturated rings. The molecule has 0 aliphatic rings. The quantitative estimate of drug-likeness (QED) is 0.784. The van der Waals surface area contributed by atoms with Gasteiger partial charge >= 0.3 is 5.97 Å². The maximum absolute atomic E-state index is 11.2. The van der Waals surface area contributed by atoms with E-state index in [2.05, 4.69) is 4.98 Å². The van der Waals surface area contributed by atoms with Crippen molar-refractivity contribution >= 4 is 12.0 Å². The highest BCUT2D eigenvalue weighted by atomic mass is 16.5. The lowest BCUT2D eigenvalue weighted by Crippen LogP contribution is -2.07. The minimum Gasteiger partial charge on any atom is -0.452 e. The molecule has 3 heteroatoms. The van der Waals surface area contributed by atoms with E-state index >= 15 is 0 Å². The van der Waals surface area contributed by atoms with Crippen LogP contribution >= 0.6 is 0 Å². The number of benzene rings is 1. The number of hydrogen-bond donors (Lipinski definition) is 0. The van der Waals surface area contributed by atoms with E-state index in [1.54, 1.807) is 6.20 Å². The zero-order valence-corrected chi connectivity index (χ0v) is 10.7. The molecule has 1 heterocycles. The summed E-state index contributed by atoms with van der Waals surface area (Å²) < 4.78 is 5.27. The van der Waals surface area contributed by atoms with Crippen LogP contribution in [-0.4, -0.2) is 11.0 Å². The fourth-order valence-corrected chi connectivity index (χ4v) is 1.68. The molecule has 0 spiro atoms. The summed E-state index contributed by atoms with van der Waals surface area (Å²) in [5.41, 5.74) is 1.76. The van der Waals surface area contributed by atoms with Gasteiger partial charge in [0.2, 0.25) is 0 Å². The largest absolute Gasteiger partial charge is 0.452 e. The lowest BCUT2D eigenvalue weighted by Gasteiger charge is -2.12. The molecule has 0 aliphatic carbocycles. The highest BCUT2D eigenvalue weighted by Gasteiger charge is 2.11. The summed E-state index contributed by atoms with van der Waals surface area (Å²) in [4.78, 5) is 15.4. The van der Waals surface area contributed by atoms with E-state index < -0.39 is 6.10 Å². The summed E-state index contributed by atoms with van der Waals surface area (Å²) in [6.07, 6.45) is 4.97. The monoisotopic (exact) mass is 253 g/mol. The fraction of sp³-hybridized carbons (Fsp3) is 0.125. The lowest BCUT2D eigenvalue weighted by atomic mass is 10.1. The van der Waals surface area contributed by atoms with E-state index in [1.807, 2.05) is 60.7 Å². The van der Waals surface area contributed by atoms with E-state index in [0.717, 1.165) is 5.56 Å². The number of carbonyl (C=O) groups is 1. The Hall–Kier alpha value is -2.42. The average Bonchev–Trinajstić information content (AvgIpc) is 2.45. The summed E-state index contributed by atoms with van der Waals surface area (Å²) >= 11 is 0. The number of aromatic nitrogens is 1. The van der Waals surface area contributed by atoms with Crippen molar-refractivity contribution in [2.24, 2.45) is 0 Å². The molecule has 0 N–H and O–H groups in total. The summed E-state index contributed by atoms with van der Waals surface area (Å²) in [7, 11) is 0. The number of esters is 1. The first-order chi connectivity index (χ1) is 9.25. The van der Waals surface area contributed by atoms with Crippen molar-refractivity contribution in [1.29, 1.82) is 0 Å². The Balaban J connectivity index is 2.19. The van der Waals surface area contributed by atoms with E-state index in [9.17, 15) is 4.79 Å². The van der Waals surface area contributed by atoms with E-state index in [-0.39, 0.29) is 5.97 Å². The molecular formula is C16H15NO2. The summed E-state index contributed by atoms with van der Waals surface area (Å²) in [5.74, 6) is -0.326. The Morgan fingerprint density at radius 3 is 2.53 bits per heavy atom. The molecule has 19 heavy (non-hydrogen) atoms. The number of hydrogen-bond acceptors (Lipinski definition) is 3. The van der Waals surface area contributed by atoms with Crippen LogP contribution in [0.3, 0.4) is 0 Å². The Bertz CT molecular complexity index is 549. The van der Waals surface area contributed by atoms with Crippen LogP contribution < -0.4 is 0 Å². The van der Waals surface area contributed by atoms with Crippen molar-refractivity contribution in [2.45, 2.75) is 13.0 Å². The number of nitrogens with zero attached hydrogens (tertiary/aromatic N) is 1. The van der Waals surface area contributed by atoms with Crippen LogP contribution in [0.5, 0.6) is 0 Å². The van der Waals surface area contributed by atoms with Crippen LogP contribution in [0.2, 0.25) is 0 Å². The Morgan fingerprint density at radius 2 is 1.89 bits per heavy atom. The normalized spacial score (nSPS) is 12.3. The molecule has 0 radical (unpaired) electrons. The molecular weight excluding hydrogens is 238 g/mol. The van der Waals surface area contributed by atoms with Gasteiger partial charge in [0.25, 0.3) is 0 Å². The van der Waals surface area contributed by atoms with Crippen LogP contribution in [0.15, 0.2) is 60.8 Å². The van der Waals surface area contributed by atoms with Gasteiger partial charge in [-0.1, -0.05) is 42.5 Å². The summed E-state index contributed by atoms with van der Waals surface area (Å²) in [5, 5.41) is 0. The summed E-state index contributed by atoms with van der Waals surface area (Å²) in [6, 6.07) is 15.4. The topological polar surface area (TPSA) is 39.2 Å². The van der Waals surface area contributed by atoms with Gasteiger partial charge in [0, 0.05) is 13.1 Å². The van der Waals surface area contributed by atoms with E-state index in [0.29, 0.717) is 5.69 Å². The fourth-order valence-electron chi connectivity index (χ4n) is 1.68. The Morgan fingerprint density at radius 1 is 1.16 bits per heavy atom. The van der Waals surface area contributed by atoms with Gasteiger partial charge in [-0.15, -0.1) is 0 Å². The van der Waals surface area contributed by atoms with Crippen molar-refractivity contribution in [1.82, 2.24) is 4.98 Å².